The van der Waals surface area contributed by atoms with Gasteiger partial charge < -0.3 is 19.4 Å². The van der Waals surface area contributed by atoms with Crippen LogP contribution < -0.4 is 0 Å². The summed E-state index contributed by atoms with van der Waals surface area (Å²) in [5, 5.41) is 14.4. The van der Waals surface area contributed by atoms with Gasteiger partial charge in [0.25, 0.3) is 0 Å². The molecule has 1 N–H and O–H groups in total. The van der Waals surface area contributed by atoms with E-state index in [9.17, 15) is 14.7 Å². The number of aliphatic hydroxyl groups is 1. The number of carbonyl (C=O) groups excluding carboxylic acids is 2. The third-order valence-corrected chi connectivity index (χ3v) is 4.85. The Bertz CT molecular complexity index is 821. The first-order valence-electron chi connectivity index (χ1n) is 8.72. The lowest BCUT2D eigenvalue weighted by atomic mass is 10.1. The quantitative estimate of drug-likeness (QED) is 0.839. The molecule has 1 fully saturated rings. The van der Waals surface area contributed by atoms with Crippen LogP contribution in [0.15, 0.2) is 34.9 Å². The number of likely N-dealkylation sites (N-methyl/N-ethyl adjacent to an activating group) is 1. The maximum absolute atomic E-state index is 12.9. The van der Waals surface area contributed by atoms with Crippen molar-refractivity contribution in [1.29, 1.82) is 0 Å². The van der Waals surface area contributed by atoms with Gasteiger partial charge in [-0.15, -0.1) is 0 Å². The van der Waals surface area contributed by atoms with Gasteiger partial charge in [-0.2, -0.15) is 0 Å². The lowest BCUT2D eigenvalue weighted by Gasteiger charge is -2.27. The number of benzene rings is 1. The van der Waals surface area contributed by atoms with E-state index in [-0.39, 0.29) is 31.2 Å². The van der Waals surface area contributed by atoms with E-state index in [1.807, 2.05) is 12.1 Å². The molecular weight excluding hydrogens is 370 g/mol. The maximum atomic E-state index is 12.9. The van der Waals surface area contributed by atoms with Gasteiger partial charge >= 0.3 is 0 Å². The number of aliphatic hydroxyl groups excluding tert-OH is 1. The fourth-order valence-corrected chi connectivity index (χ4v) is 3.40. The van der Waals surface area contributed by atoms with Gasteiger partial charge in [0.15, 0.2) is 0 Å². The molecule has 2 amide bonds. The zero-order chi connectivity index (χ0) is 19.6. The molecule has 0 spiro atoms. The molecule has 3 rings (SSSR count). The van der Waals surface area contributed by atoms with Crippen molar-refractivity contribution in [3.8, 4) is 0 Å². The number of carbonyl (C=O) groups is 2. The lowest BCUT2D eigenvalue weighted by molar-refractivity contribution is -0.143. The topological polar surface area (TPSA) is 86.9 Å². The fraction of sp³-hybridized carbons (Fsp3) is 0.421. The van der Waals surface area contributed by atoms with E-state index in [2.05, 4.69) is 5.16 Å². The van der Waals surface area contributed by atoms with Crippen molar-refractivity contribution < 1.29 is 19.2 Å². The van der Waals surface area contributed by atoms with Gasteiger partial charge in [0.2, 0.25) is 11.8 Å². The Labute approximate surface area is 162 Å². The van der Waals surface area contributed by atoms with Crippen LogP contribution in [0.5, 0.6) is 0 Å². The molecule has 1 saturated heterocycles. The highest BCUT2D eigenvalue weighted by molar-refractivity contribution is 6.30. The number of hydrogen-bond donors (Lipinski definition) is 1. The monoisotopic (exact) mass is 391 g/mol. The summed E-state index contributed by atoms with van der Waals surface area (Å²) < 4.78 is 5.09. The molecule has 1 aromatic heterocycles. The molecule has 0 saturated carbocycles. The maximum Gasteiger partial charge on any atom is 0.245 e. The van der Waals surface area contributed by atoms with Crippen molar-refractivity contribution >= 4 is 23.4 Å². The standard InChI is InChI=1S/C19H22ClN3O4/c1-12-7-16(27-21-12)9-18(25)23-11-15(24)8-17(23)19(26)22(2)10-13-3-5-14(20)6-4-13/h3-7,15,17,24H,8-11H2,1-2H3/t15-,17+/m1/s1. The van der Waals surface area contributed by atoms with Crippen molar-refractivity contribution in [3.05, 3.63) is 52.4 Å². The predicted molar refractivity (Wildman–Crippen MR) is 99.0 cm³/mol. The molecule has 0 aliphatic carbocycles. The Morgan fingerprint density at radius 1 is 1.37 bits per heavy atom. The summed E-state index contributed by atoms with van der Waals surface area (Å²) in [7, 11) is 1.68. The van der Waals surface area contributed by atoms with E-state index in [1.54, 1.807) is 37.1 Å². The Balaban J connectivity index is 1.67. The van der Waals surface area contributed by atoms with Gasteiger partial charge in [0.05, 0.1) is 18.2 Å². The molecule has 2 aromatic rings. The SMILES string of the molecule is Cc1cc(CC(=O)N2C[C@H](O)C[C@H]2C(=O)N(C)Cc2ccc(Cl)cc2)on1. The number of aromatic nitrogens is 1. The minimum absolute atomic E-state index is 0.0121. The molecule has 1 aliphatic heterocycles. The predicted octanol–water partition coefficient (Wildman–Crippen LogP) is 1.80. The first kappa shape index (κ1) is 19.4. The third-order valence-electron chi connectivity index (χ3n) is 4.60. The number of likely N-dealkylation sites (tertiary alicyclic amines) is 1. The van der Waals surface area contributed by atoms with Crippen LogP contribution in [0.1, 0.15) is 23.4 Å². The number of amides is 2. The third kappa shape index (κ3) is 4.67. The molecule has 2 atom stereocenters. The first-order chi connectivity index (χ1) is 12.8. The van der Waals surface area contributed by atoms with Crippen molar-refractivity contribution in [2.45, 2.75) is 38.5 Å². The van der Waals surface area contributed by atoms with Gasteiger partial charge in [-0.05, 0) is 24.6 Å². The summed E-state index contributed by atoms with van der Waals surface area (Å²) >= 11 is 5.89. The molecule has 0 bridgehead atoms. The lowest BCUT2D eigenvalue weighted by Crippen LogP contribution is -2.46. The van der Waals surface area contributed by atoms with E-state index in [1.165, 1.54) is 4.90 Å². The van der Waals surface area contributed by atoms with Gasteiger partial charge in [0.1, 0.15) is 11.8 Å². The number of rotatable bonds is 5. The first-order valence-corrected chi connectivity index (χ1v) is 9.10. The van der Waals surface area contributed by atoms with Crippen LogP contribution in [0.25, 0.3) is 0 Å². The van der Waals surface area contributed by atoms with Crippen LogP contribution in [0.3, 0.4) is 0 Å². The highest BCUT2D eigenvalue weighted by Crippen LogP contribution is 2.22. The van der Waals surface area contributed by atoms with Crippen molar-refractivity contribution in [2.24, 2.45) is 0 Å². The van der Waals surface area contributed by atoms with Gasteiger partial charge in [-0.25, -0.2) is 0 Å². The van der Waals surface area contributed by atoms with E-state index < -0.39 is 12.1 Å². The number of β-amino-alcohol motifs (C(OH)–C–C–N with tert-alkyl or cyclic N) is 1. The van der Waals surface area contributed by atoms with Crippen molar-refractivity contribution in [2.75, 3.05) is 13.6 Å². The number of nitrogens with zero attached hydrogens (tertiary/aromatic N) is 3. The second-order valence-electron chi connectivity index (χ2n) is 6.88. The van der Waals surface area contributed by atoms with Gasteiger partial charge in [-0.3, -0.25) is 9.59 Å². The summed E-state index contributed by atoms with van der Waals surface area (Å²) in [5.74, 6) is -0.0239. The fourth-order valence-electron chi connectivity index (χ4n) is 3.27. The minimum Gasteiger partial charge on any atom is -0.391 e. The van der Waals surface area contributed by atoms with Crippen LogP contribution in [0, 0.1) is 6.92 Å². The normalized spacial score (nSPS) is 19.3. The second kappa shape index (κ2) is 8.10. The molecule has 1 aliphatic rings. The molecule has 7 nitrogen and oxygen atoms in total. The van der Waals surface area contributed by atoms with Gasteiger partial charge in [-0.1, -0.05) is 28.9 Å². The molecule has 2 heterocycles. The Kier molecular flexibility index (Phi) is 5.82. The van der Waals surface area contributed by atoms with Crippen LogP contribution in [0.2, 0.25) is 5.02 Å². The number of halogens is 1. The molecule has 144 valence electrons. The zero-order valence-corrected chi connectivity index (χ0v) is 16.0. The second-order valence-corrected chi connectivity index (χ2v) is 7.32. The van der Waals surface area contributed by atoms with E-state index in [0.29, 0.717) is 23.0 Å². The van der Waals surface area contributed by atoms with Crippen LogP contribution in [-0.4, -0.2) is 57.6 Å². The average Bonchev–Trinajstić information content (AvgIpc) is 3.21. The van der Waals surface area contributed by atoms with Crippen LogP contribution >= 0.6 is 11.6 Å². The molecule has 8 heteroatoms. The molecule has 0 radical (unpaired) electrons. The van der Waals surface area contributed by atoms with Gasteiger partial charge in [0, 0.05) is 37.6 Å². The summed E-state index contributed by atoms with van der Waals surface area (Å²) in [5.41, 5.74) is 1.62. The average molecular weight is 392 g/mol. The Hall–Kier alpha value is -2.38. The highest BCUT2D eigenvalue weighted by atomic mass is 35.5. The van der Waals surface area contributed by atoms with Crippen LogP contribution in [0.4, 0.5) is 0 Å². The van der Waals surface area contributed by atoms with Crippen molar-refractivity contribution in [1.82, 2.24) is 15.0 Å². The molecule has 1 aromatic carbocycles. The van der Waals surface area contributed by atoms with E-state index >= 15 is 0 Å². The van der Waals surface area contributed by atoms with E-state index in [4.69, 9.17) is 16.1 Å². The number of hydrogen-bond acceptors (Lipinski definition) is 5. The summed E-state index contributed by atoms with van der Waals surface area (Å²) in [6.45, 7) is 2.30. The Morgan fingerprint density at radius 2 is 2.07 bits per heavy atom. The van der Waals surface area contributed by atoms with Crippen molar-refractivity contribution in [3.63, 3.8) is 0 Å². The summed E-state index contributed by atoms with van der Waals surface area (Å²) in [4.78, 5) is 28.5. The molecule has 0 unspecified atom stereocenters. The smallest absolute Gasteiger partial charge is 0.245 e. The minimum atomic E-state index is -0.719. The molecule has 27 heavy (non-hydrogen) atoms. The molecular formula is C19H22ClN3O4. The summed E-state index contributed by atoms with van der Waals surface area (Å²) in [6.07, 6.45) is -0.480. The Morgan fingerprint density at radius 3 is 2.70 bits per heavy atom. The van der Waals surface area contributed by atoms with Crippen LogP contribution in [-0.2, 0) is 22.6 Å². The highest BCUT2D eigenvalue weighted by Gasteiger charge is 2.40. The number of aryl methyl sites for hydroxylation is 1. The van der Waals surface area contributed by atoms with E-state index in [0.717, 1.165) is 5.56 Å². The summed E-state index contributed by atoms with van der Waals surface area (Å²) in [6, 6.07) is 8.24. The zero-order valence-electron chi connectivity index (χ0n) is 15.3. The largest absolute Gasteiger partial charge is 0.391 e.